The van der Waals surface area contributed by atoms with E-state index in [0.29, 0.717) is 17.3 Å². The maximum atomic E-state index is 11.8. The van der Waals surface area contributed by atoms with Crippen LogP contribution in [0.2, 0.25) is 0 Å². The molecule has 2 N–H and O–H groups in total. The van der Waals surface area contributed by atoms with Gasteiger partial charge >= 0.3 is 0 Å². The van der Waals surface area contributed by atoms with Crippen LogP contribution < -0.4 is 5.32 Å². The number of benzene rings is 1. The van der Waals surface area contributed by atoms with Crippen molar-refractivity contribution in [2.45, 2.75) is 26.3 Å². The molecular weight excluding hydrogens is 258 g/mol. The van der Waals surface area contributed by atoms with Crippen LogP contribution in [0.15, 0.2) is 35.7 Å². The summed E-state index contributed by atoms with van der Waals surface area (Å²) >= 11 is 1.40. The Bertz CT molecular complexity index is 562. The molecule has 1 amide bonds. The number of thiophene rings is 1. The summed E-state index contributed by atoms with van der Waals surface area (Å²) in [5.41, 5.74) is 1.82. The number of nitrogens with one attached hydrogen (secondary N) is 1. The van der Waals surface area contributed by atoms with Gasteiger partial charge in [0.1, 0.15) is 5.75 Å². The Morgan fingerprint density at radius 1 is 1.37 bits per heavy atom. The van der Waals surface area contributed by atoms with E-state index in [1.54, 1.807) is 12.1 Å². The van der Waals surface area contributed by atoms with E-state index in [2.05, 4.69) is 19.2 Å². The van der Waals surface area contributed by atoms with Crippen LogP contribution in [0.25, 0.3) is 0 Å². The number of amides is 1. The number of phenols is 1. The third kappa shape index (κ3) is 3.35. The van der Waals surface area contributed by atoms with Crippen molar-refractivity contribution < 1.29 is 9.90 Å². The first kappa shape index (κ1) is 13.6. The summed E-state index contributed by atoms with van der Waals surface area (Å²) in [6.45, 7) is 4.49. The van der Waals surface area contributed by atoms with Crippen molar-refractivity contribution >= 4 is 17.2 Å². The van der Waals surface area contributed by atoms with Gasteiger partial charge in [-0.25, -0.2) is 0 Å². The smallest absolute Gasteiger partial charge is 0.261 e. The molecule has 0 unspecified atom stereocenters. The van der Waals surface area contributed by atoms with Crippen LogP contribution in [0.1, 0.15) is 40.6 Å². The molecule has 3 nitrogen and oxygen atoms in total. The molecule has 19 heavy (non-hydrogen) atoms. The standard InChI is InChI=1S/C15H17NO2S/c1-10(2)11-5-6-12(13(17)8-11)9-16-15(18)14-4-3-7-19-14/h3-8,10,17H,9H2,1-2H3,(H,16,18). The van der Waals surface area contributed by atoms with Gasteiger partial charge in [-0.05, 0) is 29.0 Å². The van der Waals surface area contributed by atoms with E-state index in [9.17, 15) is 9.90 Å². The highest BCUT2D eigenvalue weighted by molar-refractivity contribution is 7.12. The molecule has 1 heterocycles. The topological polar surface area (TPSA) is 49.3 Å². The summed E-state index contributed by atoms with van der Waals surface area (Å²) in [6.07, 6.45) is 0. The van der Waals surface area contributed by atoms with Crippen molar-refractivity contribution in [1.82, 2.24) is 5.32 Å². The highest BCUT2D eigenvalue weighted by Gasteiger charge is 2.09. The van der Waals surface area contributed by atoms with Crippen LogP contribution in [0.4, 0.5) is 0 Å². The molecule has 0 fully saturated rings. The maximum Gasteiger partial charge on any atom is 0.261 e. The van der Waals surface area contributed by atoms with Gasteiger partial charge in [0.25, 0.3) is 5.91 Å². The van der Waals surface area contributed by atoms with Crippen molar-refractivity contribution in [2.24, 2.45) is 0 Å². The van der Waals surface area contributed by atoms with E-state index in [-0.39, 0.29) is 11.7 Å². The van der Waals surface area contributed by atoms with Crippen LogP contribution in [0.3, 0.4) is 0 Å². The third-order valence-corrected chi connectivity index (χ3v) is 3.83. The van der Waals surface area contributed by atoms with Crippen LogP contribution in [0, 0.1) is 0 Å². The molecule has 0 aliphatic rings. The van der Waals surface area contributed by atoms with Crippen molar-refractivity contribution in [3.63, 3.8) is 0 Å². The second kappa shape index (κ2) is 5.89. The van der Waals surface area contributed by atoms with Gasteiger partial charge in [0.05, 0.1) is 4.88 Å². The normalized spacial score (nSPS) is 10.7. The molecule has 0 aliphatic carbocycles. The Kier molecular flexibility index (Phi) is 4.22. The predicted octanol–water partition coefficient (Wildman–Crippen LogP) is 3.51. The Balaban J connectivity index is 2.02. The van der Waals surface area contributed by atoms with Gasteiger partial charge in [-0.3, -0.25) is 4.79 Å². The van der Waals surface area contributed by atoms with Crippen LogP contribution in [-0.4, -0.2) is 11.0 Å². The lowest BCUT2D eigenvalue weighted by atomic mass is 10.0. The van der Waals surface area contributed by atoms with E-state index in [1.165, 1.54) is 11.3 Å². The molecule has 0 saturated carbocycles. The Morgan fingerprint density at radius 2 is 2.16 bits per heavy atom. The monoisotopic (exact) mass is 275 g/mol. The van der Waals surface area contributed by atoms with Gasteiger partial charge in [0, 0.05) is 12.1 Å². The second-order valence-electron chi connectivity index (χ2n) is 4.70. The number of carbonyl (C=O) groups excluding carboxylic acids is 1. The van der Waals surface area contributed by atoms with E-state index < -0.39 is 0 Å². The first-order valence-electron chi connectivity index (χ1n) is 6.21. The zero-order valence-electron chi connectivity index (χ0n) is 11.0. The molecule has 100 valence electrons. The molecule has 0 radical (unpaired) electrons. The van der Waals surface area contributed by atoms with Crippen molar-refractivity contribution in [2.75, 3.05) is 0 Å². The van der Waals surface area contributed by atoms with Crippen LogP contribution in [-0.2, 0) is 6.54 Å². The fourth-order valence-corrected chi connectivity index (χ4v) is 2.40. The highest BCUT2D eigenvalue weighted by Crippen LogP contribution is 2.23. The SMILES string of the molecule is CC(C)c1ccc(CNC(=O)c2cccs2)c(O)c1. The largest absolute Gasteiger partial charge is 0.508 e. The first-order chi connectivity index (χ1) is 9.08. The van der Waals surface area contributed by atoms with Gasteiger partial charge in [-0.1, -0.05) is 32.0 Å². The molecule has 0 atom stereocenters. The molecule has 1 aromatic heterocycles. The Labute approximate surface area is 116 Å². The lowest BCUT2D eigenvalue weighted by Crippen LogP contribution is -2.21. The van der Waals surface area contributed by atoms with Gasteiger partial charge < -0.3 is 10.4 Å². The Hall–Kier alpha value is -1.81. The third-order valence-electron chi connectivity index (χ3n) is 2.96. The van der Waals surface area contributed by atoms with Crippen LogP contribution >= 0.6 is 11.3 Å². The second-order valence-corrected chi connectivity index (χ2v) is 5.65. The van der Waals surface area contributed by atoms with E-state index in [1.807, 2.05) is 23.6 Å². The summed E-state index contributed by atoms with van der Waals surface area (Å²) in [7, 11) is 0. The summed E-state index contributed by atoms with van der Waals surface area (Å²) in [5, 5.41) is 14.6. The molecule has 2 rings (SSSR count). The minimum Gasteiger partial charge on any atom is -0.508 e. The molecule has 0 bridgehead atoms. The summed E-state index contributed by atoms with van der Waals surface area (Å²) < 4.78 is 0. The van der Waals surface area contributed by atoms with Gasteiger partial charge in [0.15, 0.2) is 0 Å². The van der Waals surface area contributed by atoms with Gasteiger partial charge in [-0.2, -0.15) is 0 Å². The van der Waals surface area contributed by atoms with E-state index in [4.69, 9.17) is 0 Å². The summed E-state index contributed by atoms with van der Waals surface area (Å²) in [5.74, 6) is 0.501. The van der Waals surface area contributed by atoms with E-state index in [0.717, 1.165) is 11.1 Å². The zero-order chi connectivity index (χ0) is 13.8. The van der Waals surface area contributed by atoms with Crippen LogP contribution in [0.5, 0.6) is 5.75 Å². The fraction of sp³-hybridized carbons (Fsp3) is 0.267. The lowest BCUT2D eigenvalue weighted by molar-refractivity contribution is 0.0955. The van der Waals surface area contributed by atoms with Crippen molar-refractivity contribution in [3.05, 3.63) is 51.7 Å². The maximum absolute atomic E-state index is 11.8. The minimum atomic E-state index is -0.109. The van der Waals surface area contributed by atoms with Crippen molar-refractivity contribution in [3.8, 4) is 5.75 Å². The van der Waals surface area contributed by atoms with E-state index >= 15 is 0 Å². The average Bonchev–Trinajstić information content (AvgIpc) is 2.90. The predicted molar refractivity (Wildman–Crippen MR) is 77.7 cm³/mol. The molecule has 0 saturated heterocycles. The lowest BCUT2D eigenvalue weighted by Gasteiger charge is -2.10. The number of aromatic hydroxyl groups is 1. The molecule has 2 aromatic rings. The quantitative estimate of drug-likeness (QED) is 0.897. The first-order valence-corrected chi connectivity index (χ1v) is 7.09. The zero-order valence-corrected chi connectivity index (χ0v) is 11.8. The molecular formula is C15H17NO2S. The minimum absolute atomic E-state index is 0.109. The average molecular weight is 275 g/mol. The summed E-state index contributed by atoms with van der Waals surface area (Å²) in [4.78, 5) is 12.5. The number of rotatable bonds is 4. The van der Waals surface area contributed by atoms with Crippen molar-refractivity contribution in [1.29, 1.82) is 0 Å². The molecule has 0 aliphatic heterocycles. The number of phenolic OH excluding ortho intramolecular Hbond substituents is 1. The number of hydrogen-bond donors (Lipinski definition) is 2. The Morgan fingerprint density at radius 3 is 2.74 bits per heavy atom. The van der Waals surface area contributed by atoms with Gasteiger partial charge in [0.2, 0.25) is 0 Å². The van der Waals surface area contributed by atoms with Gasteiger partial charge in [-0.15, -0.1) is 11.3 Å². The highest BCUT2D eigenvalue weighted by atomic mass is 32.1. The fourth-order valence-electron chi connectivity index (χ4n) is 1.76. The molecule has 1 aromatic carbocycles. The summed E-state index contributed by atoms with van der Waals surface area (Å²) in [6, 6.07) is 9.23. The number of carbonyl (C=O) groups is 1. The molecule has 4 heteroatoms. The molecule has 0 spiro atoms. The number of hydrogen-bond acceptors (Lipinski definition) is 3.